The Balaban J connectivity index is 1.79. The summed E-state index contributed by atoms with van der Waals surface area (Å²) in [5, 5.41) is 14.0. The Labute approximate surface area is 214 Å². The minimum Gasteiger partial charge on any atom is -0.144 e. The van der Waals surface area contributed by atoms with Crippen LogP contribution in [0.15, 0.2) is 106 Å². The normalized spacial score (nSPS) is 11.5. The minimum absolute atomic E-state index is 1.28. The van der Waals surface area contributed by atoms with Crippen LogP contribution in [0.2, 0.25) is 0 Å². The van der Waals surface area contributed by atoms with E-state index in [4.69, 9.17) is 0 Å². The van der Waals surface area contributed by atoms with Gasteiger partial charge in [0, 0.05) is 41.8 Å². The number of hydrogen-bond donors (Lipinski definition) is 0. The summed E-state index contributed by atoms with van der Waals surface area (Å²) in [6, 6.07) is 31.3. The van der Waals surface area contributed by atoms with Crippen LogP contribution in [0, 0.1) is 0 Å². The van der Waals surface area contributed by atoms with Crippen molar-refractivity contribution in [3.63, 3.8) is 0 Å². The number of thiophene rings is 4. The maximum Gasteiger partial charge on any atom is 0.0356 e. The van der Waals surface area contributed by atoms with Crippen molar-refractivity contribution >= 4 is 66.9 Å². The van der Waals surface area contributed by atoms with Crippen LogP contribution in [-0.4, -0.2) is 0 Å². The molecule has 0 spiro atoms. The summed E-state index contributed by atoms with van der Waals surface area (Å²) in [5.74, 6) is 0. The van der Waals surface area contributed by atoms with Gasteiger partial charge in [-0.15, -0.1) is 45.3 Å². The maximum atomic E-state index is 2.41. The van der Waals surface area contributed by atoms with Gasteiger partial charge in [-0.2, -0.15) is 0 Å². The van der Waals surface area contributed by atoms with Gasteiger partial charge in [0.2, 0.25) is 0 Å². The molecular weight excluding hydrogens is 489 g/mol. The molecule has 0 radical (unpaired) electrons. The molecule has 7 rings (SSSR count). The monoisotopic (exact) mass is 506 g/mol. The highest BCUT2D eigenvalue weighted by molar-refractivity contribution is 7.16. The summed E-state index contributed by atoms with van der Waals surface area (Å²) < 4.78 is 0. The third-order valence-corrected chi connectivity index (χ3v) is 9.79. The van der Waals surface area contributed by atoms with E-state index in [2.05, 4.69) is 106 Å². The predicted octanol–water partition coefficient (Wildman–Crippen LogP) is 10.9. The van der Waals surface area contributed by atoms with Gasteiger partial charge in [-0.25, -0.2) is 0 Å². The highest BCUT2D eigenvalue weighted by Gasteiger charge is 2.25. The molecule has 0 unspecified atom stereocenters. The molecular formula is C30H18S4. The lowest BCUT2D eigenvalue weighted by molar-refractivity contribution is 1.71. The zero-order valence-corrected chi connectivity index (χ0v) is 21.3. The molecule has 7 aromatic rings. The second-order valence-corrected chi connectivity index (χ2v) is 11.9. The lowest BCUT2D eigenvalue weighted by Gasteiger charge is -2.21. The average molecular weight is 507 g/mol. The molecule has 4 aromatic heterocycles. The Hall–Kier alpha value is -3.02. The Morgan fingerprint density at radius 1 is 0.353 bits per heavy atom. The first-order valence-corrected chi connectivity index (χ1v) is 14.6. The Morgan fingerprint density at radius 3 is 1.03 bits per heavy atom. The molecule has 34 heavy (non-hydrogen) atoms. The summed E-state index contributed by atoms with van der Waals surface area (Å²) in [6.45, 7) is 0. The van der Waals surface area contributed by atoms with E-state index >= 15 is 0 Å². The fourth-order valence-corrected chi connectivity index (χ4v) is 8.01. The van der Waals surface area contributed by atoms with E-state index in [1.165, 1.54) is 63.3 Å². The lowest BCUT2D eigenvalue weighted by atomic mass is 9.85. The highest BCUT2D eigenvalue weighted by atomic mass is 32.1. The number of benzene rings is 3. The Kier molecular flexibility index (Phi) is 4.99. The molecule has 0 aliphatic rings. The minimum atomic E-state index is 1.28. The van der Waals surface area contributed by atoms with Crippen LogP contribution in [0.3, 0.4) is 0 Å². The van der Waals surface area contributed by atoms with Crippen molar-refractivity contribution in [1.29, 1.82) is 0 Å². The van der Waals surface area contributed by atoms with Crippen LogP contribution in [0.5, 0.6) is 0 Å². The molecule has 162 valence electrons. The molecule has 0 nitrogen and oxygen atoms in total. The molecule has 0 amide bonds. The molecule has 0 saturated carbocycles. The van der Waals surface area contributed by atoms with Gasteiger partial charge >= 0.3 is 0 Å². The first kappa shape index (κ1) is 20.4. The topological polar surface area (TPSA) is 0 Å². The largest absolute Gasteiger partial charge is 0.144 e. The lowest BCUT2D eigenvalue weighted by Crippen LogP contribution is -1.94. The van der Waals surface area contributed by atoms with E-state index < -0.39 is 0 Å². The third-order valence-electron chi connectivity index (χ3n) is 6.24. The van der Waals surface area contributed by atoms with Crippen LogP contribution >= 0.6 is 45.3 Å². The van der Waals surface area contributed by atoms with Crippen molar-refractivity contribution in [3.8, 4) is 41.8 Å². The average Bonchev–Trinajstić information content (AvgIpc) is 3.69. The summed E-state index contributed by atoms with van der Waals surface area (Å²) >= 11 is 7.31. The molecule has 4 heteroatoms. The van der Waals surface area contributed by atoms with Gasteiger partial charge in [0.15, 0.2) is 0 Å². The zero-order chi connectivity index (χ0) is 22.5. The van der Waals surface area contributed by atoms with Crippen LogP contribution in [0.1, 0.15) is 0 Å². The standard InChI is InChI=1S/C30H18S4/c1-2-8-20-18-22-21(17-19(20)7-1)27(23-9-3-13-31-23)29(25-11-5-15-33-25)30(26-12-6-16-34-26)28(22)24-10-4-14-32-24/h1-18H. The molecule has 0 N–H and O–H groups in total. The van der Waals surface area contributed by atoms with E-state index in [1.807, 2.05) is 45.3 Å². The smallest absolute Gasteiger partial charge is 0.0356 e. The fraction of sp³-hybridized carbons (Fsp3) is 0. The van der Waals surface area contributed by atoms with Crippen LogP contribution in [0.25, 0.3) is 63.3 Å². The predicted molar refractivity (Wildman–Crippen MR) is 155 cm³/mol. The molecule has 0 saturated heterocycles. The van der Waals surface area contributed by atoms with Gasteiger partial charge in [0.25, 0.3) is 0 Å². The molecule has 0 fully saturated rings. The van der Waals surface area contributed by atoms with E-state index in [0.717, 1.165) is 0 Å². The quantitative estimate of drug-likeness (QED) is 0.208. The second kappa shape index (κ2) is 8.33. The van der Waals surface area contributed by atoms with Gasteiger partial charge in [0.1, 0.15) is 0 Å². The third kappa shape index (κ3) is 3.22. The van der Waals surface area contributed by atoms with Gasteiger partial charge in [-0.1, -0.05) is 48.5 Å². The summed E-state index contributed by atoms with van der Waals surface area (Å²) in [5.41, 5.74) is 5.40. The van der Waals surface area contributed by atoms with Crippen LogP contribution in [-0.2, 0) is 0 Å². The Bertz CT molecular complexity index is 1590. The van der Waals surface area contributed by atoms with Crippen molar-refractivity contribution in [2.75, 3.05) is 0 Å². The van der Waals surface area contributed by atoms with Crippen molar-refractivity contribution in [1.82, 2.24) is 0 Å². The number of fused-ring (bicyclic) bond motifs is 2. The summed E-state index contributed by atoms with van der Waals surface area (Å²) in [6.07, 6.45) is 0. The highest BCUT2D eigenvalue weighted by Crippen LogP contribution is 2.54. The van der Waals surface area contributed by atoms with Crippen molar-refractivity contribution in [2.24, 2.45) is 0 Å². The Morgan fingerprint density at radius 2 is 0.706 bits per heavy atom. The van der Waals surface area contributed by atoms with Gasteiger partial charge in [-0.05, 0) is 79.5 Å². The molecule has 0 bridgehead atoms. The SMILES string of the molecule is c1csc(-c2c(-c3cccs3)c(-c3cccs3)c3cc4ccccc4cc3c2-c2cccs2)c1. The molecule has 0 atom stereocenters. The first-order chi connectivity index (χ1) is 16.9. The second-order valence-electron chi connectivity index (χ2n) is 8.15. The van der Waals surface area contributed by atoms with Crippen molar-refractivity contribution < 1.29 is 0 Å². The molecule has 0 aliphatic carbocycles. The van der Waals surface area contributed by atoms with E-state index in [-0.39, 0.29) is 0 Å². The maximum absolute atomic E-state index is 2.41. The van der Waals surface area contributed by atoms with Crippen molar-refractivity contribution in [2.45, 2.75) is 0 Å². The van der Waals surface area contributed by atoms with Gasteiger partial charge in [0.05, 0.1) is 0 Å². The van der Waals surface area contributed by atoms with Gasteiger partial charge in [-0.3, -0.25) is 0 Å². The molecule has 4 heterocycles. The number of hydrogen-bond acceptors (Lipinski definition) is 4. The van der Waals surface area contributed by atoms with E-state index in [1.54, 1.807) is 0 Å². The van der Waals surface area contributed by atoms with Crippen LogP contribution < -0.4 is 0 Å². The van der Waals surface area contributed by atoms with Crippen molar-refractivity contribution in [3.05, 3.63) is 106 Å². The fourth-order valence-electron chi connectivity index (χ4n) is 4.86. The van der Waals surface area contributed by atoms with Gasteiger partial charge < -0.3 is 0 Å². The molecule has 0 aliphatic heterocycles. The molecule has 3 aromatic carbocycles. The van der Waals surface area contributed by atoms with Crippen LogP contribution in [0.4, 0.5) is 0 Å². The summed E-state index contributed by atoms with van der Waals surface area (Å²) in [7, 11) is 0. The van der Waals surface area contributed by atoms with E-state index in [0.29, 0.717) is 0 Å². The first-order valence-electron chi connectivity index (χ1n) is 11.1. The zero-order valence-electron chi connectivity index (χ0n) is 18.0. The number of rotatable bonds is 4. The summed E-state index contributed by atoms with van der Waals surface area (Å²) in [4.78, 5) is 5.28. The van der Waals surface area contributed by atoms with E-state index in [9.17, 15) is 0 Å².